The summed E-state index contributed by atoms with van der Waals surface area (Å²) in [5.41, 5.74) is 1.30. The minimum atomic E-state index is 0.576. The average Bonchev–Trinajstić information content (AvgIpc) is 2.65. The average molecular weight is 274 g/mol. The zero-order chi connectivity index (χ0) is 11.3. The molecule has 1 aromatic heterocycles. The van der Waals surface area contributed by atoms with Crippen LogP contribution in [-0.4, -0.2) is 32.6 Å². The van der Waals surface area contributed by atoms with Gasteiger partial charge in [-0.15, -0.1) is 0 Å². The lowest BCUT2D eigenvalue weighted by Crippen LogP contribution is -2.31. The second-order valence-electron chi connectivity index (χ2n) is 3.96. The largest absolute Gasteiger partial charge is 0.296 e. The molecule has 1 heterocycles. The molecule has 86 valence electrons. The molecule has 0 spiro atoms. The van der Waals surface area contributed by atoms with Crippen molar-refractivity contribution >= 4 is 15.9 Å². The lowest BCUT2D eigenvalue weighted by molar-refractivity contribution is 0.227. The Morgan fingerprint density at radius 2 is 2.27 bits per heavy atom. The fraction of sp³-hybridized carbons (Fsp3) is 0.727. The third-order valence-electron chi connectivity index (χ3n) is 2.50. The molecule has 0 aromatic carbocycles. The Hall–Kier alpha value is -0.350. The van der Waals surface area contributed by atoms with Crippen LogP contribution >= 0.6 is 15.9 Å². The zero-order valence-electron chi connectivity index (χ0n) is 9.78. The van der Waals surface area contributed by atoms with Crippen molar-refractivity contribution in [1.82, 2.24) is 14.7 Å². The van der Waals surface area contributed by atoms with Gasteiger partial charge in [0.25, 0.3) is 0 Å². The van der Waals surface area contributed by atoms with Crippen molar-refractivity contribution in [3.63, 3.8) is 0 Å². The Bertz CT molecular complexity index is 283. The van der Waals surface area contributed by atoms with Crippen molar-refractivity contribution in [2.75, 3.05) is 11.9 Å². The first-order valence-corrected chi connectivity index (χ1v) is 6.60. The van der Waals surface area contributed by atoms with Crippen LogP contribution in [0.3, 0.4) is 0 Å². The van der Waals surface area contributed by atoms with E-state index in [-0.39, 0.29) is 0 Å². The van der Waals surface area contributed by atoms with Gasteiger partial charge in [0.1, 0.15) is 0 Å². The molecule has 0 fully saturated rings. The Kier molecular flexibility index (Phi) is 5.32. The minimum absolute atomic E-state index is 0.576. The molecule has 0 radical (unpaired) electrons. The van der Waals surface area contributed by atoms with Gasteiger partial charge in [-0.25, -0.2) is 0 Å². The van der Waals surface area contributed by atoms with Crippen LogP contribution < -0.4 is 0 Å². The van der Waals surface area contributed by atoms with Gasteiger partial charge in [0.05, 0.1) is 6.20 Å². The first kappa shape index (κ1) is 12.7. The van der Waals surface area contributed by atoms with Crippen molar-refractivity contribution in [3.05, 3.63) is 18.0 Å². The summed E-state index contributed by atoms with van der Waals surface area (Å²) in [7, 11) is 0. The molecular weight excluding hydrogens is 254 g/mol. The highest BCUT2D eigenvalue weighted by atomic mass is 79.9. The van der Waals surface area contributed by atoms with Crippen molar-refractivity contribution in [2.45, 2.75) is 39.9 Å². The summed E-state index contributed by atoms with van der Waals surface area (Å²) in [6.07, 6.45) is 4.09. The third kappa shape index (κ3) is 3.95. The van der Waals surface area contributed by atoms with E-state index in [1.165, 1.54) is 5.56 Å². The van der Waals surface area contributed by atoms with E-state index in [1.54, 1.807) is 0 Å². The van der Waals surface area contributed by atoms with Crippen LogP contribution in [0.4, 0.5) is 0 Å². The normalized spacial score (nSPS) is 11.6. The Labute approximate surface area is 101 Å². The molecule has 0 aliphatic heterocycles. The van der Waals surface area contributed by atoms with E-state index < -0.39 is 0 Å². The number of aryl methyl sites for hydroxylation is 1. The van der Waals surface area contributed by atoms with E-state index in [4.69, 9.17) is 0 Å². The Balaban J connectivity index is 2.57. The maximum Gasteiger partial charge on any atom is 0.0534 e. The number of hydrogen-bond acceptors (Lipinski definition) is 2. The summed E-state index contributed by atoms with van der Waals surface area (Å²) in [6, 6.07) is 0.576. The molecule has 1 aromatic rings. The van der Waals surface area contributed by atoms with E-state index in [0.29, 0.717) is 6.04 Å². The zero-order valence-corrected chi connectivity index (χ0v) is 11.4. The lowest BCUT2D eigenvalue weighted by Gasteiger charge is -2.24. The topological polar surface area (TPSA) is 21.1 Å². The SMILES string of the molecule is CCn1cc(CN(CCBr)C(C)C)cn1. The van der Waals surface area contributed by atoms with Gasteiger partial charge < -0.3 is 0 Å². The van der Waals surface area contributed by atoms with Gasteiger partial charge in [0.2, 0.25) is 0 Å². The first-order chi connectivity index (χ1) is 7.17. The fourth-order valence-corrected chi connectivity index (χ4v) is 1.98. The number of rotatable bonds is 6. The molecule has 0 saturated heterocycles. The summed E-state index contributed by atoms with van der Waals surface area (Å²) in [6.45, 7) is 9.58. The minimum Gasteiger partial charge on any atom is -0.296 e. The fourth-order valence-electron chi connectivity index (χ4n) is 1.52. The number of alkyl halides is 1. The van der Waals surface area contributed by atoms with Gasteiger partial charge in [-0.05, 0) is 20.8 Å². The van der Waals surface area contributed by atoms with Gasteiger partial charge in [0, 0.05) is 42.8 Å². The van der Waals surface area contributed by atoms with Gasteiger partial charge in [-0.1, -0.05) is 15.9 Å². The van der Waals surface area contributed by atoms with Crippen LogP contribution in [0.25, 0.3) is 0 Å². The second kappa shape index (κ2) is 6.28. The highest BCUT2D eigenvalue weighted by Gasteiger charge is 2.10. The van der Waals surface area contributed by atoms with Gasteiger partial charge in [-0.2, -0.15) is 5.10 Å². The summed E-state index contributed by atoms with van der Waals surface area (Å²) in [4.78, 5) is 2.44. The lowest BCUT2D eigenvalue weighted by atomic mass is 10.2. The van der Waals surface area contributed by atoms with Crippen molar-refractivity contribution in [2.24, 2.45) is 0 Å². The third-order valence-corrected chi connectivity index (χ3v) is 2.85. The summed E-state index contributed by atoms with van der Waals surface area (Å²) >= 11 is 3.49. The number of halogens is 1. The molecule has 0 amide bonds. The van der Waals surface area contributed by atoms with Gasteiger partial charge in [-0.3, -0.25) is 9.58 Å². The maximum absolute atomic E-state index is 4.29. The van der Waals surface area contributed by atoms with Crippen LogP contribution in [0.5, 0.6) is 0 Å². The molecule has 0 saturated carbocycles. The van der Waals surface area contributed by atoms with Crippen molar-refractivity contribution in [3.8, 4) is 0 Å². The maximum atomic E-state index is 4.29. The molecule has 0 aliphatic rings. The molecule has 3 nitrogen and oxygen atoms in total. The number of aromatic nitrogens is 2. The predicted octanol–water partition coefficient (Wildman–Crippen LogP) is 2.51. The van der Waals surface area contributed by atoms with E-state index in [9.17, 15) is 0 Å². The predicted molar refractivity (Wildman–Crippen MR) is 67.2 cm³/mol. The summed E-state index contributed by atoms with van der Waals surface area (Å²) in [5, 5.41) is 5.31. The molecule has 1 rings (SSSR count). The van der Waals surface area contributed by atoms with E-state index >= 15 is 0 Å². The highest BCUT2D eigenvalue weighted by Crippen LogP contribution is 2.07. The molecule has 0 aliphatic carbocycles. The van der Waals surface area contributed by atoms with Crippen LogP contribution in [0.15, 0.2) is 12.4 Å². The summed E-state index contributed by atoms with van der Waals surface area (Å²) in [5.74, 6) is 0. The monoisotopic (exact) mass is 273 g/mol. The smallest absolute Gasteiger partial charge is 0.0534 e. The molecule has 0 N–H and O–H groups in total. The van der Waals surface area contributed by atoms with E-state index in [2.05, 4.69) is 52.9 Å². The second-order valence-corrected chi connectivity index (χ2v) is 4.75. The Morgan fingerprint density at radius 1 is 1.53 bits per heavy atom. The number of nitrogens with zero attached hydrogens (tertiary/aromatic N) is 3. The molecule has 0 bridgehead atoms. The molecule has 0 atom stereocenters. The molecule has 4 heteroatoms. The standard InChI is InChI=1S/C11H20BrN3/c1-4-15-9-11(7-13-15)8-14(6-5-12)10(2)3/h7,9-10H,4-6,8H2,1-3H3. The van der Waals surface area contributed by atoms with Crippen molar-refractivity contribution < 1.29 is 0 Å². The highest BCUT2D eigenvalue weighted by molar-refractivity contribution is 9.09. The van der Waals surface area contributed by atoms with Crippen LogP contribution in [0.1, 0.15) is 26.3 Å². The Morgan fingerprint density at radius 3 is 2.73 bits per heavy atom. The first-order valence-electron chi connectivity index (χ1n) is 5.48. The quantitative estimate of drug-likeness (QED) is 0.743. The molecular formula is C11H20BrN3. The van der Waals surface area contributed by atoms with Crippen molar-refractivity contribution in [1.29, 1.82) is 0 Å². The van der Waals surface area contributed by atoms with Gasteiger partial charge >= 0.3 is 0 Å². The van der Waals surface area contributed by atoms with Crippen LogP contribution in [0, 0.1) is 0 Å². The van der Waals surface area contributed by atoms with E-state index in [0.717, 1.165) is 25.0 Å². The van der Waals surface area contributed by atoms with E-state index in [1.807, 2.05) is 10.9 Å². The van der Waals surface area contributed by atoms with Crippen LogP contribution in [0.2, 0.25) is 0 Å². The van der Waals surface area contributed by atoms with Gasteiger partial charge in [0.15, 0.2) is 0 Å². The van der Waals surface area contributed by atoms with Crippen LogP contribution in [-0.2, 0) is 13.1 Å². The summed E-state index contributed by atoms with van der Waals surface area (Å²) < 4.78 is 1.97. The molecule has 15 heavy (non-hydrogen) atoms. The molecule has 0 unspecified atom stereocenters. The number of hydrogen-bond donors (Lipinski definition) is 0.